The van der Waals surface area contributed by atoms with Gasteiger partial charge in [0.2, 0.25) is 10.0 Å². The summed E-state index contributed by atoms with van der Waals surface area (Å²) in [5.41, 5.74) is 1.44. The Kier molecular flexibility index (Phi) is 5.64. The zero-order valence-corrected chi connectivity index (χ0v) is 17.9. The zero-order chi connectivity index (χ0) is 19.7. The molecule has 0 amide bonds. The quantitative estimate of drug-likeness (QED) is 0.741. The van der Waals surface area contributed by atoms with Crippen LogP contribution in [0.1, 0.15) is 23.3 Å². The maximum Gasteiger partial charge on any atom is 0.246 e. The average molecular weight is 423 g/mol. The van der Waals surface area contributed by atoms with Gasteiger partial charge in [-0.25, -0.2) is 8.42 Å². The summed E-state index contributed by atoms with van der Waals surface area (Å²) in [6.07, 6.45) is 2.81. The number of rotatable bonds is 5. The number of piperidine rings is 1. The first-order chi connectivity index (χ1) is 13.5. The standard InChI is InChI=1S/C20H26N2O4S2/c1-25-17-3-4-18(26-2)20(13-17)28(23,24)22-10-5-16(6-11-22)21-9-7-19-15(14-21)8-12-27-19/h3-4,8,12-13,16H,5-7,9-11,14H2,1-2H3. The van der Waals surface area contributed by atoms with Crippen LogP contribution in [0.3, 0.4) is 0 Å². The third-order valence-corrected chi connectivity index (χ3v) is 8.71. The SMILES string of the molecule is COc1ccc(OC)c(S(=O)(=O)N2CCC(N3CCc4sccc4C3)CC2)c1. The molecule has 8 heteroatoms. The Balaban J connectivity index is 1.46. The van der Waals surface area contributed by atoms with Crippen molar-refractivity contribution < 1.29 is 17.9 Å². The van der Waals surface area contributed by atoms with Crippen LogP contribution in [0.5, 0.6) is 11.5 Å². The van der Waals surface area contributed by atoms with Crippen LogP contribution in [0.15, 0.2) is 34.5 Å². The van der Waals surface area contributed by atoms with Crippen molar-refractivity contribution in [2.24, 2.45) is 0 Å². The highest BCUT2D eigenvalue weighted by atomic mass is 32.2. The van der Waals surface area contributed by atoms with E-state index in [0.717, 1.165) is 32.4 Å². The molecule has 1 saturated heterocycles. The number of sulfonamides is 1. The summed E-state index contributed by atoms with van der Waals surface area (Å²) in [7, 11) is -0.603. The molecule has 4 rings (SSSR count). The number of thiophene rings is 1. The van der Waals surface area contributed by atoms with E-state index in [1.165, 1.54) is 24.7 Å². The lowest BCUT2D eigenvalue weighted by Crippen LogP contribution is -2.47. The highest BCUT2D eigenvalue weighted by Gasteiger charge is 2.34. The van der Waals surface area contributed by atoms with Gasteiger partial charge in [-0.1, -0.05) is 0 Å². The lowest BCUT2D eigenvalue weighted by atomic mass is 10.0. The summed E-state index contributed by atoms with van der Waals surface area (Å²) < 4.78 is 38.5. The maximum absolute atomic E-state index is 13.2. The second kappa shape index (κ2) is 8.02. The molecule has 3 heterocycles. The molecule has 1 fully saturated rings. The van der Waals surface area contributed by atoms with E-state index in [4.69, 9.17) is 9.47 Å². The van der Waals surface area contributed by atoms with Crippen LogP contribution in [-0.2, 0) is 23.0 Å². The molecule has 0 saturated carbocycles. The molecule has 0 radical (unpaired) electrons. The predicted octanol–water partition coefficient (Wildman–Crippen LogP) is 2.98. The largest absolute Gasteiger partial charge is 0.497 e. The van der Waals surface area contributed by atoms with E-state index in [1.54, 1.807) is 22.5 Å². The second-order valence-corrected chi connectivity index (χ2v) is 10.1. The van der Waals surface area contributed by atoms with Crippen LogP contribution in [0.25, 0.3) is 0 Å². The van der Waals surface area contributed by atoms with Crippen molar-refractivity contribution in [2.45, 2.75) is 36.7 Å². The third kappa shape index (κ3) is 3.66. The van der Waals surface area contributed by atoms with E-state index < -0.39 is 10.0 Å². The molecule has 0 spiro atoms. The molecule has 1 aromatic heterocycles. The molecule has 28 heavy (non-hydrogen) atoms. The molecular formula is C20H26N2O4S2. The molecule has 1 aromatic carbocycles. The molecule has 2 aliphatic rings. The lowest BCUT2D eigenvalue weighted by molar-refractivity contribution is 0.127. The first-order valence-corrected chi connectivity index (χ1v) is 11.9. The molecule has 0 unspecified atom stereocenters. The monoisotopic (exact) mass is 422 g/mol. The fourth-order valence-corrected chi connectivity index (χ4v) is 6.68. The Hall–Kier alpha value is -1.61. The molecule has 0 N–H and O–H groups in total. The van der Waals surface area contributed by atoms with E-state index in [2.05, 4.69) is 16.3 Å². The van der Waals surface area contributed by atoms with E-state index in [1.807, 2.05) is 11.3 Å². The van der Waals surface area contributed by atoms with Crippen molar-refractivity contribution in [1.82, 2.24) is 9.21 Å². The maximum atomic E-state index is 13.2. The van der Waals surface area contributed by atoms with Crippen LogP contribution >= 0.6 is 11.3 Å². The van der Waals surface area contributed by atoms with Gasteiger partial charge in [0.15, 0.2) is 0 Å². The third-order valence-electron chi connectivity index (χ3n) is 5.77. The Morgan fingerprint density at radius 1 is 1.07 bits per heavy atom. The summed E-state index contributed by atoms with van der Waals surface area (Å²) in [5, 5.41) is 2.17. The van der Waals surface area contributed by atoms with Crippen LogP contribution in [-0.4, -0.2) is 57.5 Å². The van der Waals surface area contributed by atoms with Crippen molar-refractivity contribution in [3.8, 4) is 11.5 Å². The Bertz CT molecular complexity index is 933. The highest BCUT2D eigenvalue weighted by molar-refractivity contribution is 7.89. The Morgan fingerprint density at radius 2 is 1.86 bits per heavy atom. The number of ether oxygens (including phenoxy) is 2. The molecule has 0 bridgehead atoms. The predicted molar refractivity (Wildman–Crippen MR) is 110 cm³/mol. The van der Waals surface area contributed by atoms with Crippen molar-refractivity contribution in [1.29, 1.82) is 0 Å². The smallest absolute Gasteiger partial charge is 0.246 e. The van der Waals surface area contributed by atoms with E-state index in [0.29, 0.717) is 30.6 Å². The van der Waals surface area contributed by atoms with Crippen LogP contribution in [0, 0.1) is 0 Å². The van der Waals surface area contributed by atoms with Crippen molar-refractivity contribution in [3.63, 3.8) is 0 Å². The van der Waals surface area contributed by atoms with Crippen molar-refractivity contribution in [2.75, 3.05) is 33.9 Å². The Labute approximate surface area is 170 Å². The number of fused-ring (bicyclic) bond motifs is 1. The highest BCUT2D eigenvalue weighted by Crippen LogP contribution is 2.33. The normalized spacial score (nSPS) is 19.4. The molecule has 0 atom stereocenters. The minimum absolute atomic E-state index is 0.175. The van der Waals surface area contributed by atoms with Crippen molar-refractivity contribution in [3.05, 3.63) is 40.1 Å². The molecule has 2 aromatic rings. The summed E-state index contributed by atoms with van der Waals surface area (Å²) in [4.78, 5) is 4.19. The summed E-state index contributed by atoms with van der Waals surface area (Å²) in [6.45, 7) is 3.11. The summed E-state index contributed by atoms with van der Waals surface area (Å²) >= 11 is 1.85. The molecule has 6 nitrogen and oxygen atoms in total. The Morgan fingerprint density at radius 3 is 2.57 bits per heavy atom. The van der Waals surface area contributed by atoms with Gasteiger partial charge in [0.05, 0.1) is 14.2 Å². The van der Waals surface area contributed by atoms with E-state index >= 15 is 0 Å². The number of hydrogen-bond acceptors (Lipinski definition) is 6. The van der Waals surface area contributed by atoms with Gasteiger partial charge in [-0.2, -0.15) is 4.31 Å². The zero-order valence-electron chi connectivity index (χ0n) is 16.3. The van der Waals surface area contributed by atoms with E-state index in [-0.39, 0.29) is 4.90 Å². The van der Waals surface area contributed by atoms with Gasteiger partial charge in [-0.15, -0.1) is 11.3 Å². The van der Waals surface area contributed by atoms with Crippen molar-refractivity contribution >= 4 is 21.4 Å². The molecule has 152 valence electrons. The van der Waals surface area contributed by atoms with Crippen LogP contribution in [0.2, 0.25) is 0 Å². The van der Waals surface area contributed by atoms with Gasteiger partial charge in [0.25, 0.3) is 0 Å². The fourth-order valence-electron chi connectivity index (χ4n) is 4.15. The second-order valence-electron chi connectivity index (χ2n) is 7.24. The van der Waals surface area contributed by atoms with Gasteiger partial charge in [-0.3, -0.25) is 4.90 Å². The van der Waals surface area contributed by atoms with E-state index in [9.17, 15) is 8.42 Å². The average Bonchev–Trinajstić information content (AvgIpc) is 3.21. The lowest BCUT2D eigenvalue weighted by Gasteiger charge is -2.39. The summed E-state index contributed by atoms with van der Waals surface area (Å²) in [6, 6.07) is 7.56. The number of nitrogens with zero attached hydrogens (tertiary/aromatic N) is 2. The van der Waals surface area contributed by atoms with Gasteiger partial charge < -0.3 is 9.47 Å². The van der Waals surface area contributed by atoms with Gasteiger partial charge in [0, 0.05) is 43.2 Å². The topological polar surface area (TPSA) is 59.1 Å². The molecule has 0 aliphatic carbocycles. The number of methoxy groups -OCH3 is 2. The van der Waals surface area contributed by atoms with Crippen LogP contribution < -0.4 is 9.47 Å². The minimum Gasteiger partial charge on any atom is -0.497 e. The van der Waals surface area contributed by atoms with Gasteiger partial charge >= 0.3 is 0 Å². The van der Waals surface area contributed by atoms with Gasteiger partial charge in [0.1, 0.15) is 16.4 Å². The molecule has 2 aliphatic heterocycles. The first-order valence-electron chi connectivity index (χ1n) is 9.54. The minimum atomic E-state index is -3.62. The van der Waals surface area contributed by atoms with Crippen LogP contribution in [0.4, 0.5) is 0 Å². The molecular weight excluding hydrogens is 396 g/mol. The van der Waals surface area contributed by atoms with Gasteiger partial charge in [-0.05, 0) is 48.4 Å². The number of benzene rings is 1. The number of hydrogen-bond donors (Lipinski definition) is 0. The first kappa shape index (κ1) is 19.7. The fraction of sp³-hybridized carbons (Fsp3) is 0.500. The summed E-state index contributed by atoms with van der Waals surface area (Å²) in [5.74, 6) is 0.859.